The molecule has 0 atom stereocenters. The third kappa shape index (κ3) is 5.80. The van der Waals surface area contributed by atoms with Crippen molar-refractivity contribution in [1.82, 2.24) is 5.32 Å². The van der Waals surface area contributed by atoms with Crippen molar-refractivity contribution >= 4 is 17.5 Å². The fourth-order valence-electron chi connectivity index (χ4n) is 2.30. The summed E-state index contributed by atoms with van der Waals surface area (Å²) in [6, 6.07) is 4.76. The summed E-state index contributed by atoms with van der Waals surface area (Å²) in [5, 5.41) is 2.88. The summed E-state index contributed by atoms with van der Waals surface area (Å²) in [7, 11) is 0. The maximum Gasteiger partial charge on any atom is 0.251 e. The Kier molecular flexibility index (Phi) is 5.68. The summed E-state index contributed by atoms with van der Waals surface area (Å²) in [6.07, 6.45) is 0. The first-order chi connectivity index (χ1) is 11.0. The highest BCUT2D eigenvalue weighted by Gasteiger charge is 2.28. The Morgan fingerprint density at radius 1 is 0.640 bits per heavy atom. The molecule has 1 N–H and O–H groups in total. The van der Waals surface area contributed by atoms with E-state index in [1.165, 1.54) is 0 Å². The van der Waals surface area contributed by atoms with E-state index >= 15 is 0 Å². The van der Waals surface area contributed by atoms with Crippen molar-refractivity contribution in [3.05, 3.63) is 34.9 Å². The predicted octanol–water partition coefficient (Wildman–Crippen LogP) is 4.67. The molecule has 0 spiro atoms. The number of hydrogen-bond acceptors (Lipinski definition) is 3. The number of carbonyl (C=O) groups excluding carboxylic acids is 3. The van der Waals surface area contributed by atoms with Gasteiger partial charge >= 0.3 is 0 Å². The fourth-order valence-corrected chi connectivity index (χ4v) is 2.30. The molecule has 0 aliphatic carbocycles. The number of nitrogens with one attached hydrogen (secondary N) is 1. The standard InChI is InChI=1S/C21H31NO3/c1-19(2,3)16(23)13-10-14(17(24)20(4,5)6)12-15(11-13)18(25)22-21(7,8)9/h10-12H,1-9H3,(H,22,25). The van der Waals surface area contributed by atoms with E-state index in [0.29, 0.717) is 16.7 Å². The minimum absolute atomic E-state index is 0.0964. The first-order valence-corrected chi connectivity index (χ1v) is 8.59. The zero-order valence-corrected chi connectivity index (χ0v) is 17.0. The normalized spacial score (nSPS) is 12.7. The van der Waals surface area contributed by atoms with Crippen molar-refractivity contribution < 1.29 is 14.4 Å². The van der Waals surface area contributed by atoms with Crippen LogP contribution in [0, 0.1) is 10.8 Å². The largest absolute Gasteiger partial charge is 0.347 e. The Morgan fingerprint density at radius 2 is 0.960 bits per heavy atom. The minimum atomic E-state index is -0.596. The molecule has 1 aromatic rings. The average molecular weight is 345 g/mol. The molecular formula is C21H31NO3. The molecule has 25 heavy (non-hydrogen) atoms. The van der Waals surface area contributed by atoms with Gasteiger partial charge in [-0.05, 0) is 39.0 Å². The highest BCUT2D eigenvalue weighted by Crippen LogP contribution is 2.26. The molecule has 138 valence electrons. The molecule has 0 fully saturated rings. The number of carbonyl (C=O) groups is 3. The molecule has 1 amide bonds. The summed E-state index contributed by atoms with van der Waals surface area (Å²) in [5.74, 6) is -0.485. The molecule has 0 bridgehead atoms. The van der Waals surface area contributed by atoms with Crippen LogP contribution in [0.1, 0.15) is 93.4 Å². The third-order valence-electron chi connectivity index (χ3n) is 3.57. The Labute approximate surface area is 151 Å². The van der Waals surface area contributed by atoms with Crippen molar-refractivity contribution in [1.29, 1.82) is 0 Å². The van der Waals surface area contributed by atoms with Crippen LogP contribution in [0.2, 0.25) is 0 Å². The second kappa shape index (κ2) is 6.74. The summed E-state index contributed by atoms with van der Waals surface area (Å²) in [5.41, 5.74) is -0.488. The van der Waals surface area contributed by atoms with Gasteiger partial charge in [0.15, 0.2) is 11.6 Å². The van der Waals surface area contributed by atoms with Gasteiger partial charge in [0.25, 0.3) is 5.91 Å². The third-order valence-corrected chi connectivity index (χ3v) is 3.57. The second-order valence-electron chi connectivity index (χ2n) is 9.66. The predicted molar refractivity (Wildman–Crippen MR) is 101 cm³/mol. The maximum absolute atomic E-state index is 12.7. The number of benzene rings is 1. The molecule has 0 saturated heterocycles. The summed E-state index contributed by atoms with van der Waals surface area (Å²) in [6.45, 7) is 16.6. The van der Waals surface area contributed by atoms with Crippen LogP contribution in [0.5, 0.6) is 0 Å². The smallest absolute Gasteiger partial charge is 0.251 e. The molecule has 4 nitrogen and oxygen atoms in total. The van der Waals surface area contributed by atoms with Crippen LogP contribution in [0.15, 0.2) is 18.2 Å². The summed E-state index contributed by atoms with van der Waals surface area (Å²) in [4.78, 5) is 38.0. The number of ketones is 2. The molecular weight excluding hydrogens is 314 g/mol. The van der Waals surface area contributed by atoms with Gasteiger partial charge in [-0.25, -0.2) is 0 Å². The Bertz CT molecular complexity index is 651. The highest BCUT2D eigenvalue weighted by molar-refractivity contribution is 6.08. The number of Topliss-reactive ketones (excluding diaryl/α,β-unsaturated/α-hetero) is 2. The molecule has 4 heteroatoms. The first kappa shape index (κ1) is 21.1. The second-order valence-corrected chi connectivity index (χ2v) is 9.66. The number of rotatable bonds is 3. The van der Waals surface area contributed by atoms with E-state index in [9.17, 15) is 14.4 Å². The van der Waals surface area contributed by atoms with Crippen LogP contribution in [0.3, 0.4) is 0 Å². The van der Waals surface area contributed by atoms with Gasteiger partial charge in [0.2, 0.25) is 0 Å². The van der Waals surface area contributed by atoms with Gasteiger partial charge in [0, 0.05) is 33.1 Å². The lowest BCUT2D eigenvalue weighted by atomic mass is 9.82. The van der Waals surface area contributed by atoms with E-state index in [1.54, 1.807) is 18.2 Å². The van der Waals surface area contributed by atoms with E-state index < -0.39 is 16.4 Å². The maximum atomic E-state index is 12.7. The fraction of sp³-hybridized carbons (Fsp3) is 0.571. The molecule has 1 rings (SSSR count). The van der Waals surface area contributed by atoms with Crippen LogP contribution in [0.4, 0.5) is 0 Å². The monoisotopic (exact) mass is 345 g/mol. The van der Waals surface area contributed by atoms with E-state index in [4.69, 9.17) is 0 Å². The van der Waals surface area contributed by atoms with Crippen molar-refractivity contribution in [2.24, 2.45) is 10.8 Å². The average Bonchev–Trinajstić information content (AvgIpc) is 2.41. The van der Waals surface area contributed by atoms with Crippen LogP contribution in [-0.4, -0.2) is 23.0 Å². The molecule has 0 aliphatic heterocycles. The van der Waals surface area contributed by atoms with Gasteiger partial charge < -0.3 is 5.32 Å². The van der Waals surface area contributed by atoms with Crippen LogP contribution in [-0.2, 0) is 0 Å². The van der Waals surface area contributed by atoms with Crippen LogP contribution in [0.25, 0.3) is 0 Å². The van der Waals surface area contributed by atoms with Gasteiger partial charge in [-0.2, -0.15) is 0 Å². The zero-order valence-electron chi connectivity index (χ0n) is 17.0. The van der Waals surface area contributed by atoms with E-state index in [0.717, 1.165) is 0 Å². The highest BCUT2D eigenvalue weighted by atomic mass is 16.2. The van der Waals surface area contributed by atoms with Crippen LogP contribution < -0.4 is 5.32 Å². The minimum Gasteiger partial charge on any atom is -0.347 e. The van der Waals surface area contributed by atoms with E-state index in [1.807, 2.05) is 62.3 Å². The Morgan fingerprint density at radius 3 is 1.24 bits per heavy atom. The van der Waals surface area contributed by atoms with Crippen molar-refractivity contribution in [2.75, 3.05) is 0 Å². The Hall–Kier alpha value is -1.97. The van der Waals surface area contributed by atoms with Gasteiger partial charge in [-0.3, -0.25) is 14.4 Å². The van der Waals surface area contributed by atoms with Gasteiger partial charge in [0.05, 0.1) is 0 Å². The topological polar surface area (TPSA) is 63.2 Å². The van der Waals surface area contributed by atoms with Crippen LogP contribution >= 0.6 is 0 Å². The molecule has 1 aromatic carbocycles. The molecule has 0 heterocycles. The zero-order chi connectivity index (χ0) is 19.8. The molecule has 0 saturated carbocycles. The van der Waals surface area contributed by atoms with Crippen molar-refractivity contribution in [2.45, 2.75) is 67.9 Å². The van der Waals surface area contributed by atoms with E-state index in [2.05, 4.69) is 5.32 Å². The SMILES string of the molecule is CC(C)(C)NC(=O)c1cc(C(=O)C(C)(C)C)cc(C(=O)C(C)(C)C)c1. The number of amides is 1. The van der Waals surface area contributed by atoms with Gasteiger partial charge in [-0.1, -0.05) is 41.5 Å². The quantitative estimate of drug-likeness (QED) is 0.810. The first-order valence-electron chi connectivity index (χ1n) is 8.59. The molecule has 0 radical (unpaired) electrons. The van der Waals surface area contributed by atoms with Gasteiger partial charge in [-0.15, -0.1) is 0 Å². The van der Waals surface area contributed by atoms with Crippen molar-refractivity contribution in [3.63, 3.8) is 0 Å². The lowest BCUT2D eigenvalue weighted by Crippen LogP contribution is -2.40. The molecule has 0 unspecified atom stereocenters. The molecule has 0 aromatic heterocycles. The lowest BCUT2D eigenvalue weighted by molar-refractivity contribution is 0.0856. The summed E-state index contributed by atoms with van der Waals surface area (Å²) >= 11 is 0. The van der Waals surface area contributed by atoms with E-state index in [-0.39, 0.29) is 17.5 Å². The Balaban J connectivity index is 3.50. The number of hydrogen-bond donors (Lipinski definition) is 1. The summed E-state index contributed by atoms with van der Waals surface area (Å²) < 4.78 is 0. The lowest BCUT2D eigenvalue weighted by Gasteiger charge is -2.23. The van der Waals surface area contributed by atoms with Crippen molar-refractivity contribution in [3.8, 4) is 0 Å². The van der Waals surface area contributed by atoms with Gasteiger partial charge in [0.1, 0.15) is 0 Å². The molecule has 0 aliphatic rings.